The Hall–Kier alpha value is -3.44. The van der Waals surface area contributed by atoms with Crippen LogP contribution in [0.5, 0.6) is 5.75 Å². The highest BCUT2D eigenvalue weighted by Gasteiger charge is 2.42. The number of rotatable bonds is 6. The highest BCUT2D eigenvalue weighted by atomic mass is 19.3. The zero-order chi connectivity index (χ0) is 30.5. The SMILES string of the molecule is Cc1nc(N[C@H](C)c2cccc(C(F)F)c2F)c2cc([C@]3(O)CC[C@H](C(=O)N4CCN(C)CC4)CC3)c3c(c2n1)CCO3. The van der Waals surface area contributed by atoms with Gasteiger partial charge in [-0.15, -0.1) is 0 Å². The molecule has 1 amide bonds. The lowest BCUT2D eigenvalue weighted by Crippen LogP contribution is -2.50. The van der Waals surface area contributed by atoms with Crippen molar-refractivity contribution in [2.45, 2.75) is 64.0 Å². The third-order valence-corrected chi connectivity index (χ3v) is 9.34. The molecule has 3 heterocycles. The van der Waals surface area contributed by atoms with Crippen molar-refractivity contribution in [2.24, 2.45) is 5.92 Å². The predicted octanol–water partition coefficient (Wildman–Crippen LogP) is 5.27. The second-order valence-electron chi connectivity index (χ2n) is 12.2. The Morgan fingerprint density at radius 3 is 2.53 bits per heavy atom. The summed E-state index contributed by atoms with van der Waals surface area (Å²) < 4.78 is 47.8. The maximum atomic E-state index is 15.0. The number of likely N-dealkylation sites (N-methyl/N-ethyl adjacent to an activating group) is 1. The van der Waals surface area contributed by atoms with E-state index in [1.165, 1.54) is 12.1 Å². The summed E-state index contributed by atoms with van der Waals surface area (Å²) in [5, 5.41) is 15.9. The van der Waals surface area contributed by atoms with E-state index >= 15 is 0 Å². The van der Waals surface area contributed by atoms with Crippen LogP contribution in [0.25, 0.3) is 10.9 Å². The minimum absolute atomic E-state index is 0.105. The quantitative estimate of drug-likeness (QED) is 0.400. The Morgan fingerprint density at radius 1 is 1.14 bits per heavy atom. The number of aryl methyl sites for hydroxylation is 1. The van der Waals surface area contributed by atoms with Crippen molar-refractivity contribution in [1.82, 2.24) is 19.8 Å². The number of piperazine rings is 1. The zero-order valence-electron chi connectivity index (χ0n) is 24.8. The molecule has 3 aromatic rings. The molecule has 0 radical (unpaired) electrons. The second kappa shape index (κ2) is 11.6. The Morgan fingerprint density at radius 2 is 1.84 bits per heavy atom. The molecule has 6 rings (SSSR count). The van der Waals surface area contributed by atoms with Gasteiger partial charge in [0.15, 0.2) is 0 Å². The number of carbonyl (C=O) groups is 1. The Labute approximate surface area is 249 Å². The minimum atomic E-state index is -2.92. The molecule has 2 aromatic carbocycles. The predicted molar refractivity (Wildman–Crippen MR) is 157 cm³/mol. The van der Waals surface area contributed by atoms with E-state index in [2.05, 4.69) is 22.2 Å². The van der Waals surface area contributed by atoms with E-state index in [9.17, 15) is 23.1 Å². The molecule has 1 atom stereocenters. The molecular weight excluding hydrogens is 559 g/mol. The van der Waals surface area contributed by atoms with Crippen LogP contribution in [0.3, 0.4) is 0 Å². The number of amides is 1. The molecule has 1 aromatic heterocycles. The summed E-state index contributed by atoms with van der Waals surface area (Å²) in [6, 6.07) is 5.16. The van der Waals surface area contributed by atoms with Crippen molar-refractivity contribution >= 4 is 22.6 Å². The summed E-state index contributed by atoms with van der Waals surface area (Å²) >= 11 is 0. The van der Waals surface area contributed by atoms with E-state index in [1.54, 1.807) is 13.8 Å². The Bertz CT molecular complexity index is 1530. The number of halogens is 3. The summed E-state index contributed by atoms with van der Waals surface area (Å²) in [6.07, 6.45) is -0.350. The van der Waals surface area contributed by atoms with Gasteiger partial charge in [-0.2, -0.15) is 0 Å². The minimum Gasteiger partial charge on any atom is -0.492 e. The number of benzene rings is 2. The highest BCUT2D eigenvalue weighted by molar-refractivity contribution is 5.94. The molecule has 1 saturated carbocycles. The van der Waals surface area contributed by atoms with Gasteiger partial charge < -0.3 is 25.0 Å². The van der Waals surface area contributed by atoms with Gasteiger partial charge in [-0.25, -0.2) is 23.1 Å². The van der Waals surface area contributed by atoms with Gasteiger partial charge in [0.1, 0.15) is 23.2 Å². The van der Waals surface area contributed by atoms with Crippen LogP contribution >= 0.6 is 0 Å². The van der Waals surface area contributed by atoms with Crippen molar-refractivity contribution in [1.29, 1.82) is 0 Å². The molecule has 230 valence electrons. The summed E-state index contributed by atoms with van der Waals surface area (Å²) in [6.45, 7) is 7.09. The molecule has 3 aliphatic rings. The number of ether oxygens (including phenoxy) is 1. The van der Waals surface area contributed by atoms with Crippen molar-refractivity contribution in [3.63, 3.8) is 0 Å². The topological polar surface area (TPSA) is 90.8 Å². The molecule has 1 saturated heterocycles. The van der Waals surface area contributed by atoms with Gasteiger partial charge in [0.25, 0.3) is 6.43 Å². The van der Waals surface area contributed by atoms with E-state index in [4.69, 9.17) is 9.72 Å². The average molecular weight is 598 g/mol. The van der Waals surface area contributed by atoms with E-state index in [-0.39, 0.29) is 17.4 Å². The lowest BCUT2D eigenvalue weighted by atomic mass is 9.74. The number of hydrogen-bond acceptors (Lipinski definition) is 7. The van der Waals surface area contributed by atoms with Crippen molar-refractivity contribution in [3.8, 4) is 5.75 Å². The number of aliphatic hydroxyl groups is 1. The second-order valence-corrected chi connectivity index (χ2v) is 12.2. The van der Waals surface area contributed by atoms with Crippen LogP contribution in [0.4, 0.5) is 19.0 Å². The fraction of sp³-hybridized carbons (Fsp3) is 0.531. The molecular formula is C32H38F3N5O3. The van der Waals surface area contributed by atoms with Gasteiger partial charge in [0.05, 0.1) is 29.3 Å². The fourth-order valence-electron chi connectivity index (χ4n) is 6.79. The number of anilines is 1. The number of nitrogens with one attached hydrogen (secondary N) is 1. The van der Waals surface area contributed by atoms with Gasteiger partial charge in [-0.05, 0) is 52.6 Å². The van der Waals surface area contributed by atoms with Crippen LogP contribution in [0.2, 0.25) is 0 Å². The van der Waals surface area contributed by atoms with Gasteiger partial charge in [-0.3, -0.25) is 4.79 Å². The molecule has 0 spiro atoms. The first-order valence-electron chi connectivity index (χ1n) is 15.1. The van der Waals surface area contributed by atoms with Crippen molar-refractivity contribution in [2.75, 3.05) is 45.2 Å². The Balaban J connectivity index is 1.31. The maximum Gasteiger partial charge on any atom is 0.266 e. The molecule has 0 unspecified atom stereocenters. The zero-order valence-corrected chi connectivity index (χ0v) is 24.8. The summed E-state index contributed by atoms with van der Waals surface area (Å²) in [4.78, 5) is 26.7. The molecule has 2 N–H and O–H groups in total. The molecule has 11 heteroatoms. The normalized spacial score (nSPS) is 23.3. The Kier molecular flexibility index (Phi) is 7.97. The van der Waals surface area contributed by atoms with Gasteiger partial charge >= 0.3 is 0 Å². The van der Waals surface area contributed by atoms with Crippen LogP contribution < -0.4 is 10.1 Å². The van der Waals surface area contributed by atoms with Crippen LogP contribution in [0.1, 0.15) is 73.2 Å². The first-order chi connectivity index (χ1) is 20.6. The number of alkyl halides is 2. The monoisotopic (exact) mass is 597 g/mol. The number of fused-ring (bicyclic) bond motifs is 3. The smallest absolute Gasteiger partial charge is 0.266 e. The summed E-state index contributed by atoms with van der Waals surface area (Å²) in [5.74, 6) is 0.651. The molecule has 2 aliphatic heterocycles. The molecule has 8 nitrogen and oxygen atoms in total. The van der Waals surface area contributed by atoms with Gasteiger partial charge in [-0.1, -0.05) is 18.2 Å². The van der Waals surface area contributed by atoms with Crippen LogP contribution in [0, 0.1) is 18.7 Å². The highest BCUT2D eigenvalue weighted by Crippen LogP contribution is 2.48. The first-order valence-corrected chi connectivity index (χ1v) is 15.1. The van der Waals surface area contributed by atoms with Crippen LogP contribution in [-0.4, -0.2) is 70.6 Å². The fourth-order valence-corrected chi connectivity index (χ4v) is 6.79. The van der Waals surface area contributed by atoms with E-state index in [0.29, 0.717) is 72.6 Å². The lowest BCUT2D eigenvalue weighted by molar-refractivity contribution is -0.140. The first kappa shape index (κ1) is 29.6. The van der Waals surface area contributed by atoms with Crippen molar-refractivity contribution < 1.29 is 27.8 Å². The van der Waals surface area contributed by atoms with Gasteiger partial charge in [0, 0.05) is 60.6 Å². The molecule has 1 aliphatic carbocycles. The third-order valence-electron chi connectivity index (χ3n) is 9.34. The molecule has 2 fully saturated rings. The molecule has 43 heavy (non-hydrogen) atoms. The number of carbonyl (C=O) groups excluding carboxylic acids is 1. The lowest BCUT2D eigenvalue weighted by Gasteiger charge is -2.40. The maximum absolute atomic E-state index is 15.0. The molecule has 0 bridgehead atoms. The summed E-state index contributed by atoms with van der Waals surface area (Å²) in [7, 11) is 2.06. The average Bonchev–Trinajstić information content (AvgIpc) is 3.47. The van der Waals surface area contributed by atoms with E-state index in [0.717, 1.165) is 37.8 Å². The largest absolute Gasteiger partial charge is 0.492 e. The third kappa shape index (κ3) is 5.53. The van der Waals surface area contributed by atoms with E-state index < -0.39 is 29.4 Å². The number of aromatic nitrogens is 2. The van der Waals surface area contributed by atoms with Crippen molar-refractivity contribution in [3.05, 3.63) is 58.2 Å². The number of hydrogen-bond donors (Lipinski definition) is 2. The van der Waals surface area contributed by atoms with E-state index in [1.807, 2.05) is 11.0 Å². The standard InChI is InChI=1S/C32H38F3N5O3/c1-18(21-5-4-6-22(26(21)33)29(34)35)36-30-24-17-25(28-23(9-16-43-28)27(24)37-19(2)38-30)32(42)10-7-20(8-11-32)31(41)40-14-12-39(3)13-15-40/h4-6,17-18,20,29,42H,7-16H2,1-3H3,(H,36,37,38)/t18-,20-,32-/m1/s1. The van der Waals surface area contributed by atoms with Crippen LogP contribution in [-0.2, 0) is 16.8 Å². The summed E-state index contributed by atoms with van der Waals surface area (Å²) in [5.41, 5.74) is 0.468. The number of nitrogens with zero attached hydrogens (tertiary/aromatic N) is 4. The van der Waals surface area contributed by atoms with Gasteiger partial charge in [0.2, 0.25) is 5.91 Å². The van der Waals surface area contributed by atoms with Crippen LogP contribution in [0.15, 0.2) is 24.3 Å².